The number of nitriles is 1. The van der Waals surface area contributed by atoms with E-state index in [0.29, 0.717) is 36.2 Å². The zero-order chi connectivity index (χ0) is 27.0. The Balaban J connectivity index is 1.59. The number of para-hydroxylation sites is 1. The quantitative estimate of drug-likeness (QED) is 0.356. The van der Waals surface area contributed by atoms with Gasteiger partial charge < -0.3 is 9.64 Å². The van der Waals surface area contributed by atoms with Crippen molar-refractivity contribution in [3.05, 3.63) is 88.1 Å². The lowest BCUT2D eigenvalue weighted by Gasteiger charge is -2.38. The first-order chi connectivity index (χ1) is 18.2. The van der Waals surface area contributed by atoms with Crippen molar-refractivity contribution in [2.75, 3.05) is 18.6 Å². The summed E-state index contributed by atoms with van der Waals surface area (Å²) in [5.74, 6) is 0.392. The second-order valence-electron chi connectivity index (χ2n) is 9.40. The number of aromatic nitrogens is 3. The summed E-state index contributed by atoms with van der Waals surface area (Å²) >= 11 is 0. The fourth-order valence-electron chi connectivity index (χ4n) is 5.42. The average Bonchev–Trinajstić information content (AvgIpc) is 3.19. The summed E-state index contributed by atoms with van der Waals surface area (Å²) in [6.45, 7) is 2.21. The van der Waals surface area contributed by atoms with Crippen LogP contribution in [0.3, 0.4) is 0 Å². The van der Waals surface area contributed by atoms with E-state index in [0.717, 1.165) is 17.3 Å². The first kappa shape index (κ1) is 25.4. The highest BCUT2D eigenvalue weighted by Crippen LogP contribution is 2.36. The molecule has 4 aromatic rings. The number of pyridine rings is 1. The summed E-state index contributed by atoms with van der Waals surface area (Å²) in [5, 5.41) is 10.0. The maximum Gasteiger partial charge on any atom is 0.416 e. The summed E-state index contributed by atoms with van der Waals surface area (Å²) in [5.41, 5.74) is 1.63. The van der Waals surface area contributed by atoms with Crippen LogP contribution in [-0.4, -0.2) is 33.8 Å². The largest absolute Gasteiger partial charge is 0.494 e. The molecule has 38 heavy (non-hydrogen) atoms. The Bertz CT molecular complexity index is 1580. The van der Waals surface area contributed by atoms with Crippen molar-refractivity contribution in [1.29, 1.82) is 5.26 Å². The summed E-state index contributed by atoms with van der Waals surface area (Å²) in [6.07, 6.45) is -0.172. The van der Waals surface area contributed by atoms with Crippen LogP contribution in [-0.2, 0) is 12.7 Å². The van der Waals surface area contributed by atoms with Crippen LogP contribution in [0.5, 0.6) is 5.75 Å². The lowest BCUT2D eigenvalue weighted by Crippen LogP contribution is -2.44. The number of alkyl halides is 3. The molecule has 10 heteroatoms. The smallest absolute Gasteiger partial charge is 0.416 e. The van der Waals surface area contributed by atoms with Crippen LogP contribution in [0.25, 0.3) is 11.0 Å². The SMILES string of the molecule is COc1cccc2c1n(Cc1ccccc1C(F)(F)F)c(=O)n2C1CCN(c2cnccc2C)C(C#N)C1. The average molecular weight is 522 g/mol. The third kappa shape index (κ3) is 4.38. The van der Waals surface area contributed by atoms with Gasteiger partial charge in [0.05, 0.1) is 42.7 Å². The van der Waals surface area contributed by atoms with Gasteiger partial charge >= 0.3 is 11.9 Å². The summed E-state index contributed by atoms with van der Waals surface area (Å²) in [6, 6.07) is 13.9. The summed E-state index contributed by atoms with van der Waals surface area (Å²) < 4.78 is 49.7. The fourth-order valence-corrected chi connectivity index (χ4v) is 5.42. The predicted molar refractivity (Wildman–Crippen MR) is 137 cm³/mol. The molecule has 0 saturated carbocycles. The highest BCUT2D eigenvalue weighted by atomic mass is 19.4. The number of aryl methyl sites for hydroxylation is 1. The number of anilines is 1. The van der Waals surface area contributed by atoms with Gasteiger partial charge in [-0.2, -0.15) is 18.4 Å². The van der Waals surface area contributed by atoms with Crippen molar-refractivity contribution >= 4 is 16.7 Å². The number of imidazole rings is 1. The second-order valence-corrected chi connectivity index (χ2v) is 9.40. The molecule has 0 aliphatic carbocycles. The third-order valence-corrected chi connectivity index (χ3v) is 7.23. The van der Waals surface area contributed by atoms with Gasteiger partial charge in [0.2, 0.25) is 0 Å². The minimum atomic E-state index is -4.56. The van der Waals surface area contributed by atoms with Crippen molar-refractivity contribution in [2.24, 2.45) is 0 Å². The molecule has 0 radical (unpaired) electrons. The van der Waals surface area contributed by atoms with Crippen molar-refractivity contribution in [1.82, 2.24) is 14.1 Å². The zero-order valence-electron chi connectivity index (χ0n) is 20.9. The van der Waals surface area contributed by atoms with Gasteiger partial charge in [-0.25, -0.2) is 4.79 Å². The molecule has 1 aliphatic rings. The van der Waals surface area contributed by atoms with E-state index in [1.165, 1.54) is 29.9 Å². The Kier molecular flexibility index (Phi) is 6.61. The Morgan fingerprint density at radius 1 is 1.16 bits per heavy atom. The van der Waals surface area contributed by atoms with Crippen molar-refractivity contribution in [2.45, 2.75) is 44.6 Å². The second kappa shape index (κ2) is 9.89. The lowest BCUT2D eigenvalue weighted by atomic mass is 9.96. The minimum Gasteiger partial charge on any atom is -0.494 e. The molecule has 0 bridgehead atoms. The third-order valence-electron chi connectivity index (χ3n) is 7.23. The topological polar surface area (TPSA) is 76.1 Å². The van der Waals surface area contributed by atoms with E-state index in [1.54, 1.807) is 35.2 Å². The van der Waals surface area contributed by atoms with Crippen LogP contribution in [0, 0.1) is 18.3 Å². The number of ether oxygens (including phenoxy) is 1. The van der Waals surface area contributed by atoms with Crippen molar-refractivity contribution in [3.63, 3.8) is 0 Å². The number of fused-ring (bicyclic) bond motifs is 1. The van der Waals surface area contributed by atoms with Gasteiger partial charge in [0.1, 0.15) is 17.3 Å². The highest BCUT2D eigenvalue weighted by molar-refractivity contribution is 5.83. The molecule has 0 amide bonds. The van der Waals surface area contributed by atoms with Crippen LogP contribution < -0.4 is 15.3 Å². The predicted octanol–water partition coefficient (Wildman–Crippen LogP) is 5.32. The van der Waals surface area contributed by atoms with Crippen LogP contribution in [0.2, 0.25) is 0 Å². The van der Waals surface area contributed by atoms with E-state index in [-0.39, 0.29) is 18.2 Å². The number of hydrogen-bond donors (Lipinski definition) is 0. The molecule has 2 aromatic heterocycles. The molecule has 2 unspecified atom stereocenters. The molecular weight excluding hydrogens is 495 g/mol. The molecule has 5 rings (SSSR count). The van der Waals surface area contributed by atoms with Crippen LogP contribution in [0.4, 0.5) is 18.9 Å². The van der Waals surface area contributed by atoms with Crippen LogP contribution >= 0.6 is 0 Å². The van der Waals surface area contributed by atoms with Crippen LogP contribution in [0.1, 0.15) is 35.6 Å². The number of hydrogen-bond acceptors (Lipinski definition) is 5. The van der Waals surface area contributed by atoms with Crippen molar-refractivity contribution in [3.8, 4) is 11.8 Å². The van der Waals surface area contributed by atoms with E-state index >= 15 is 0 Å². The molecular formula is C28H26F3N5O2. The normalized spacial score (nSPS) is 17.9. The maximum absolute atomic E-state index is 13.9. The van der Waals surface area contributed by atoms with Crippen LogP contribution in [0.15, 0.2) is 65.7 Å². The maximum atomic E-state index is 13.9. The molecule has 1 aliphatic heterocycles. The lowest BCUT2D eigenvalue weighted by molar-refractivity contribution is -0.138. The summed E-state index contributed by atoms with van der Waals surface area (Å²) in [4.78, 5) is 20.1. The molecule has 1 saturated heterocycles. The summed E-state index contributed by atoms with van der Waals surface area (Å²) in [7, 11) is 1.46. The minimum absolute atomic E-state index is 0.0103. The van der Waals surface area contributed by atoms with E-state index in [4.69, 9.17) is 4.74 Å². The van der Waals surface area contributed by atoms with E-state index < -0.39 is 23.5 Å². The Hall–Kier alpha value is -4.26. The van der Waals surface area contributed by atoms with E-state index in [9.17, 15) is 23.2 Å². The highest BCUT2D eigenvalue weighted by Gasteiger charge is 2.35. The van der Waals surface area contributed by atoms with Crippen molar-refractivity contribution < 1.29 is 17.9 Å². The Labute approximate surface area is 217 Å². The van der Waals surface area contributed by atoms with E-state index in [1.807, 2.05) is 17.9 Å². The number of halogens is 3. The Morgan fingerprint density at radius 3 is 2.66 bits per heavy atom. The molecule has 196 valence electrons. The molecule has 2 aromatic carbocycles. The van der Waals surface area contributed by atoms with Gasteiger partial charge in [-0.1, -0.05) is 24.3 Å². The number of benzene rings is 2. The standard InChI is InChI=1S/C28H26F3N5O2/c1-18-10-12-33-16-24(18)34-13-11-20(14-21(34)15-32)36-23-8-5-9-25(38-2)26(23)35(27(36)37)17-19-6-3-4-7-22(19)28(29,30)31/h3-10,12,16,20-21H,11,13-14,17H2,1-2H3. The first-order valence-corrected chi connectivity index (χ1v) is 12.2. The Morgan fingerprint density at radius 2 is 1.95 bits per heavy atom. The van der Waals surface area contributed by atoms with Gasteiger partial charge in [0.25, 0.3) is 0 Å². The van der Waals surface area contributed by atoms with E-state index in [2.05, 4.69) is 11.1 Å². The number of methoxy groups -OCH3 is 1. The number of rotatable bonds is 5. The number of nitrogens with zero attached hydrogens (tertiary/aromatic N) is 5. The molecule has 0 spiro atoms. The molecule has 0 N–H and O–H groups in total. The van der Waals surface area contributed by atoms with Gasteiger partial charge in [-0.3, -0.25) is 14.1 Å². The van der Waals surface area contributed by atoms with Gasteiger partial charge in [-0.05, 0) is 48.7 Å². The fraction of sp³-hybridized carbons (Fsp3) is 0.321. The van der Waals surface area contributed by atoms with Gasteiger partial charge in [0, 0.05) is 25.2 Å². The first-order valence-electron chi connectivity index (χ1n) is 12.2. The monoisotopic (exact) mass is 521 g/mol. The number of piperidine rings is 1. The zero-order valence-corrected chi connectivity index (χ0v) is 20.9. The molecule has 1 fully saturated rings. The molecule has 7 nitrogen and oxygen atoms in total. The van der Waals surface area contributed by atoms with Gasteiger partial charge in [0.15, 0.2) is 0 Å². The van der Waals surface area contributed by atoms with Gasteiger partial charge in [-0.15, -0.1) is 0 Å². The molecule has 3 heterocycles. The molecule has 2 atom stereocenters.